The molecule has 2 rings (SSSR count). The first-order valence-electron chi connectivity index (χ1n) is 6.54. The molecule has 0 aliphatic rings. The molecule has 1 amide bonds. The van der Waals surface area contributed by atoms with E-state index in [0.29, 0.717) is 10.6 Å². The highest BCUT2D eigenvalue weighted by Gasteiger charge is 2.14. The van der Waals surface area contributed by atoms with Crippen molar-refractivity contribution in [1.82, 2.24) is 15.2 Å². The van der Waals surface area contributed by atoms with E-state index in [-0.39, 0.29) is 11.9 Å². The van der Waals surface area contributed by atoms with Crippen molar-refractivity contribution in [2.45, 2.75) is 26.7 Å². The molecule has 0 spiro atoms. The number of nitrogens with zero attached hydrogens (tertiary/aromatic N) is 3. The van der Waals surface area contributed by atoms with Gasteiger partial charge in [-0.1, -0.05) is 41.4 Å². The van der Waals surface area contributed by atoms with Gasteiger partial charge in [-0.3, -0.25) is 10.1 Å². The first-order chi connectivity index (χ1) is 10.0. The molecule has 2 aromatic rings. The van der Waals surface area contributed by atoms with Gasteiger partial charge in [-0.15, -0.1) is 10.2 Å². The maximum atomic E-state index is 12.2. The summed E-state index contributed by atoms with van der Waals surface area (Å²) in [5, 5.41) is 11.0. The zero-order valence-electron chi connectivity index (χ0n) is 11.7. The molecule has 0 saturated carbocycles. The summed E-state index contributed by atoms with van der Waals surface area (Å²) in [7, 11) is 0. The molecule has 0 radical (unpaired) electrons. The summed E-state index contributed by atoms with van der Waals surface area (Å²) < 4.78 is 0.770. The van der Waals surface area contributed by atoms with E-state index in [1.54, 1.807) is 18.2 Å². The fourth-order valence-corrected chi connectivity index (χ4v) is 2.40. The fraction of sp³-hybridized carbons (Fsp3) is 0.286. The maximum Gasteiger partial charge on any atom is 0.259 e. The number of rotatable bonds is 4. The van der Waals surface area contributed by atoms with Crippen LogP contribution in [0, 0.1) is 0 Å². The smallest absolute Gasteiger partial charge is 0.259 e. The minimum absolute atomic E-state index is 0.185. The summed E-state index contributed by atoms with van der Waals surface area (Å²) in [6, 6.07) is 5.06. The van der Waals surface area contributed by atoms with Gasteiger partial charge in [-0.05, 0) is 31.0 Å². The maximum absolute atomic E-state index is 12.2. The van der Waals surface area contributed by atoms with Gasteiger partial charge in [0.05, 0.1) is 22.0 Å². The van der Waals surface area contributed by atoms with E-state index in [2.05, 4.69) is 36.4 Å². The molecule has 1 aromatic carbocycles. The van der Waals surface area contributed by atoms with Crippen molar-refractivity contribution in [2.24, 2.45) is 0 Å². The highest BCUT2D eigenvalue weighted by atomic mass is 79.9. The van der Waals surface area contributed by atoms with Crippen LogP contribution in [0.3, 0.4) is 0 Å². The number of benzene rings is 1. The molecular formula is C14H14BrClN4O. The Hall–Kier alpha value is -1.53. The van der Waals surface area contributed by atoms with Crippen LogP contribution >= 0.6 is 27.5 Å². The summed E-state index contributed by atoms with van der Waals surface area (Å²) in [6.07, 6.45) is 1.49. The van der Waals surface area contributed by atoms with E-state index in [9.17, 15) is 4.79 Å². The van der Waals surface area contributed by atoms with Crippen molar-refractivity contribution in [3.63, 3.8) is 0 Å². The van der Waals surface area contributed by atoms with E-state index < -0.39 is 0 Å². The first kappa shape index (κ1) is 15.9. The van der Waals surface area contributed by atoms with Gasteiger partial charge in [0, 0.05) is 4.47 Å². The number of aromatic nitrogens is 3. The molecule has 0 saturated heterocycles. The van der Waals surface area contributed by atoms with Crippen molar-refractivity contribution in [3.05, 3.63) is 44.6 Å². The Kier molecular flexibility index (Phi) is 5.25. The number of halogens is 2. The Bertz CT molecular complexity index is 678. The molecule has 0 unspecified atom stereocenters. The molecule has 1 N–H and O–H groups in total. The molecule has 0 bridgehead atoms. The van der Waals surface area contributed by atoms with Crippen LogP contribution in [0.1, 0.15) is 35.6 Å². The fourth-order valence-electron chi connectivity index (χ4n) is 1.83. The number of hydrogen-bond acceptors (Lipinski definition) is 4. The third kappa shape index (κ3) is 3.77. The second kappa shape index (κ2) is 6.95. The van der Waals surface area contributed by atoms with Gasteiger partial charge in [0.1, 0.15) is 0 Å². The molecule has 1 heterocycles. The van der Waals surface area contributed by atoms with E-state index in [1.165, 1.54) is 0 Å². The average molecular weight is 370 g/mol. The SMILES string of the molecule is CCc1nnc(NC(=O)c2cc(Br)ccc2Cl)nc1CC. The Morgan fingerprint density at radius 1 is 1.24 bits per heavy atom. The number of carbonyl (C=O) groups is 1. The average Bonchev–Trinajstić information content (AvgIpc) is 2.49. The van der Waals surface area contributed by atoms with Gasteiger partial charge in [-0.2, -0.15) is 0 Å². The summed E-state index contributed by atoms with van der Waals surface area (Å²) in [6.45, 7) is 3.98. The van der Waals surface area contributed by atoms with Gasteiger partial charge in [-0.25, -0.2) is 4.98 Å². The highest BCUT2D eigenvalue weighted by molar-refractivity contribution is 9.10. The predicted octanol–water partition coefficient (Wildman–Crippen LogP) is 3.66. The van der Waals surface area contributed by atoms with Gasteiger partial charge in [0.25, 0.3) is 5.91 Å². The molecule has 0 aliphatic carbocycles. The lowest BCUT2D eigenvalue weighted by Gasteiger charge is -2.08. The van der Waals surface area contributed by atoms with Gasteiger partial charge < -0.3 is 0 Å². The molecule has 5 nitrogen and oxygen atoms in total. The van der Waals surface area contributed by atoms with Crippen molar-refractivity contribution in [1.29, 1.82) is 0 Å². The minimum atomic E-state index is -0.366. The first-order valence-corrected chi connectivity index (χ1v) is 7.71. The Morgan fingerprint density at radius 3 is 2.62 bits per heavy atom. The van der Waals surface area contributed by atoms with Crippen molar-refractivity contribution in [2.75, 3.05) is 5.32 Å². The molecule has 0 aliphatic heterocycles. The number of anilines is 1. The van der Waals surface area contributed by atoms with Gasteiger partial charge in [0.2, 0.25) is 5.95 Å². The summed E-state index contributed by atoms with van der Waals surface area (Å²) in [5.41, 5.74) is 2.03. The van der Waals surface area contributed by atoms with Crippen LogP contribution in [-0.2, 0) is 12.8 Å². The van der Waals surface area contributed by atoms with E-state index in [4.69, 9.17) is 11.6 Å². The molecule has 0 fully saturated rings. The molecule has 0 atom stereocenters. The normalized spacial score (nSPS) is 10.5. The Labute approximate surface area is 136 Å². The minimum Gasteiger partial charge on any atom is -0.289 e. The number of nitrogens with one attached hydrogen (secondary N) is 1. The van der Waals surface area contributed by atoms with Crippen molar-refractivity contribution >= 4 is 39.4 Å². The Balaban J connectivity index is 2.25. The van der Waals surface area contributed by atoms with Crippen LogP contribution in [0.5, 0.6) is 0 Å². The number of hydrogen-bond donors (Lipinski definition) is 1. The number of aryl methyl sites for hydroxylation is 2. The lowest BCUT2D eigenvalue weighted by atomic mass is 10.2. The van der Waals surface area contributed by atoms with Crippen LogP contribution < -0.4 is 5.32 Å². The highest BCUT2D eigenvalue weighted by Crippen LogP contribution is 2.21. The molecule has 1 aromatic heterocycles. The third-order valence-corrected chi connectivity index (χ3v) is 3.73. The van der Waals surface area contributed by atoms with Crippen LogP contribution in [0.4, 0.5) is 5.95 Å². The molecular weight excluding hydrogens is 356 g/mol. The van der Waals surface area contributed by atoms with Gasteiger partial charge in [0.15, 0.2) is 0 Å². The second-order valence-electron chi connectivity index (χ2n) is 4.31. The second-order valence-corrected chi connectivity index (χ2v) is 5.64. The van der Waals surface area contributed by atoms with Gasteiger partial charge >= 0.3 is 0 Å². The zero-order valence-corrected chi connectivity index (χ0v) is 14.0. The molecule has 21 heavy (non-hydrogen) atoms. The summed E-state index contributed by atoms with van der Waals surface area (Å²) in [4.78, 5) is 16.5. The lowest BCUT2D eigenvalue weighted by Crippen LogP contribution is -2.17. The van der Waals surface area contributed by atoms with Crippen LogP contribution in [0.15, 0.2) is 22.7 Å². The van der Waals surface area contributed by atoms with E-state index in [0.717, 1.165) is 28.7 Å². The summed E-state index contributed by atoms with van der Waals surface area (Å²) in [5.74, 6) is -0.181. The quantitative estimate of drug-likeness (QED) is 0.893. The summed E-state index contributed by atoms with van der Waals surface area (Å²) >= 11 is 9.33. The lowest BCUT2D eigenvalue weighted by molar-refractivity contribution is 0.102. The topological polar surface area (TPSA) is 67.8 Å². The van der Waals surface area contributed by atoms with Crippen LogP contribution in [-0.4, -0.2) is 21.1 Å². The number of carbonyl (C=O) groups excluding carboxylic acids is 1. The third-order valence-electron chi connectivity index (χ3n) is 2.91. The predicted molar refractivity (Wildman–Crippen MR) is 85.7 cm³/mol. The zero-order chi connectivity index (χ0) is 15.4. The van der Waals surface area contributed by atoms with Crippen LogP contribution in [0.25, 0.3) is 0 Å². The monoisotopic (exact) mass is 368 g/mol. The largest absolute Gasteiger partial charge is 0.289 e. The van der Waals surface area contributed by atoms with E-state index in [1.807, 2.05) is 13.8 Å². The Morgan fingerprint density at radius 2 is 1.95 bits per heavy atom. The van der Waals surface area contributed by atoms with Crippen LogP contribution in [0.2, 0.25) is 5.02 Å². The van der Waals surface area contributed by atoms with Crippen molar-refractivity contribution < 1.29 is 4.79 Å². The number of amides is 1. The van der Waals surface area contributed by atoms with E-state index >= 15 is 0 Å². The standard InChI is InChI=1S/C14H14BrClN4O/c1-3-11-12(4-2)19-20-14(17-11)18-13(21)9-7-8(15)5-6-10(9)16/h5-7H,3-4H2,1-2H3,(H,17,18,20,21). The molecule has 7 heteroatoms. The van der Waals surface area contributed by atoms with Crippen molar-refractivity contribution in [3.8, 4) is 0 Å². The molecule has 110 valence electrons.